The summed E-state index contributed by atoms with van der Waals surface area (Å²) in [6.45, 7) is 4.28. The molecule has 4 aromatic rings. The van der Waals surface area contributed by atoms with Crippen LogP contribution in [0.5, 0.6) is 17.2 Å². The third-order valence-corrected chi connectivity index (χ3v) is 6.92. The number of nitrogens with zero attached hydrogens (tertiary/aromatic N) is 1. The highest BCUT2D eigenvalue weighted by atomic mass is 19.4. The minimum Gasteiger partial charge on any atom is -0.492 e. The summed E-state index contributed by atoms with van der Waals surface area (Å²) in [6.07, 6.45) is -0.927. The number of benzene rings is 4. The Morgan fingerprint density at radius 1 is 0.762 bits per heavy atom. The Morgan fingerprint density at radius 3 is 2.17 bits per heavy atom. The summed E-state index contributed by atoms with van der Waals surface area (Å²) >= 11 is 0. The number of piperidine rings is 1. The van der Waals surface area contributed by atoms with Gasteiger partial charge in [-0.05, 0) is 80.0 Å². The van der Waals surface area contributed by atoms with Gasteiger partial charge in [-0.3, -0.25) is 4.90 Å². The lowest BCUT2D eigenvalue weighted by Gasteiger charge is -2.26. The monoisotopic (exact) mass is 579 g/mol. The van der Waals surface area contributed by atoms with E-state index in [1.54, 1.807) is 12.1 Å². The first-order valence-electron chi connectivity index (χ1n) is 13.8. The predicted octanol–water partition coefficient (Wildman–Crippen LogP) is 7.83. The second kappa shape index (κ2) is 13.5. The fourth-order valence-electron chi connectivity index (χ4n) is 4.85. The van der Waals surface area contributed by atoms with Gasteiger partial charge >= 0.3 is 12.4 Å². The van der Waals surface area contributed by atoms with E-state index < -0.39 is 12.4 Å². The first-order valence-corrected chi connectivity index (χ1v) is 13.8. The molecular weight excluding hydrogens is 547 g/mol. The standard InChI is InChI=1S/C32H32F3N3O4/c33-32(34,35)42-26-14-10-24(11-15-26)36-31(39)37-29-16-17-30(28-7-3-2-6-27(28)29)41-22-23-8-12-25(13-9-23)40-21-20-38-18-4-1-5-19-38/h2-3,6-17H,1,4-5,18-22H2,(H2,36,37,39). The summed E-state index contributed by atoms with van der Waals surface area (Å²) in [6, 6.07) is 23.3. The number of alkyl halides is 3. The average molecular weight is 580 g/mol. The molecule has 7 nitrogen and oxygen atoms in total. The number of rotatable bonds is 10. The number of ether oxygens (including phenoxy) is 3. The van der Waals surface area contributed by atoms with Crippen LogP contribution >= 0.6 is 0 Å². The van der Waals surface area contributed by atoms with Crippen molar-refractivity contribution < 1.29 is 32.2 Å². The first-order chi connectivity index (χ1) is 20.3. The van der Waals surface area contributed by atoms with Crippen LogP contribution in [0.3, 0.4) is 0 Å². The second-order valence-corrected chi connectivity index (χ2v) is 9.99. The predicted molar refractivity (Wildman–Crippen MR) is 156 cm³/mol. The van der Waals surface area contributed by atoms with E-state index in [0.29, 0.717) is 30.3 Å². The molecule has 10 heteroatoms. The van der Waals surface area contributed by atoms with Gasteiger partial charge in [0, 0.05) is 23.0 Å². The van der Waals surface area contributed by atoms with Crippen molar-refractivity contribution >= 4 is 28.2 Å². The van der Waals surface area contributed by atoms with Crippen LogP contribution in [-0.4, -0.2) is 43.5 Å². The SMILES string of the molecule is O=C(Nc1ccc(OC(F)(F)F)cc1)Nc1ccc(OCc2ccc(OCCN3CCCCC3)cc2)c2ccccc12. The van der Waals surface area contributed by atoms with Gasteiger partial charge < -0.3 is 24.8 Å². The lowest BCUT2D eigenvalue weighted by atomic mass is 10.1. The van der Waals surface area contributed by atoms with Gasteiger partial charge in [0.15, 0.2) is 0 Å². The van der Waals surface area contributed by atoms with Crippen LogP contribution < -0.4 is 24.8 Å². The van der Waals surface area contributed by atoms with Gasteiger partial charge in [-0.1, -0.05) is 42.8 Å². The highest BCUT2D eigenvalue weighted by Gasteiger charge is 2.31. The Kier molecular flexibility index (Phi) is 9.33. The number of halogens is 3. The van der Waals surface area contributed by atoms with E-state index in [4.69, 9.17) is 9.47 Å². The zero-order chi connectivity index (χ0) is 29.4. The molecule has 1 aliphatic heterocycles. The van der Waals surface area contributed by atoms with Crippen LogP contribution in [0.25, 0.3) is 10.8 Å². The van der Waals surface area contributed by atoms with Crippen molar-refractivity contribution in [2.24, 2.45) is 0 Å². The van der Waals surface area contributed by atoms with E-state index in [0.717, 1.165) is 53.9 Å². The molecule has 0 aliphatic carbocycles. The maximum atomic E-state index is 12.6. The molecule has 4 aromatic carbocycles. The molecular formula is C32H32F3N3O4. The third-order valence-electron chi connectivity index (χ3n) is 6.92. The number of hydrogen-bond acceptors (Lipinski definition) is 5. The Balaban J connectivity index is 1.16. The Labute approximate surface area is 242 Å². The summed E-state index contributed by atoms with van der Waals surface area (Å²) in [7, 11) is 0. The molecule has 1 fully saturated rings. The van der Waals surface area contributed by atoms with Gasteiger partial charge in [-0.25, -0.2) is 4.79 Å². The van der Waals surface area contributed by atoms with E-state index in [1.807, 2.05) is 48.5 Å². The summed E-state index contributed by atoms with van der Waals surface area (Å²) in [4.78, 5) is 15.1. The molecule has 0 atom stereocenters. The zero-order valence-electron chi connectivity index (χ0n) is 23.0. The highest BCUT2D eigenvalue weighted by Crippen LogP contribution is 2.32. The second-order valence-electron chi connectivity index (χ2n) is 9.99. The Bertz CT molecular complexity index is 1470. The number of likely N-dealkylation sites (tertiary alicyclic amines) is 1. The number of carbonyl (C=O) groups excluding carboxylic acids is 1. The number of nitrogens with one attached hydrogen (secondary N) is 2. The molecule has 1 heterocycles. The van der Waals surface area contributed by atoms with E-state index in [-0.39, 0.29) is 5.75 Å². The molecule has 0 radical (unpaired) electrons. The lowest BCUT2D eigenvalue weighted by Crippen LogP contribution is -2.33. The summed E-state index contributed by atoms with van der Waals surface area (Å²) < 4.78 is 53.0. The molecule has 1 aliphatic rings. The topological polar surface area (TPSA) is 72.1 Å². The Morgan fingerprint density at radius 2 is 1.45 bits per heavy atom. The maximum absolute atomic E-state index is 12.6. The maximum Gasteiger partial charge on any atom is 0.573 e. The van der Waals surface area contributed by atoms with Gasteiger partial charge in [0.1, 0.15) is 30.5 Å². The smallest absolute Gasteiger partial charge is 0.492 e. The minimum atomic E-state index is -4.78. The molecule has 0 bridgehead atoms. The lowest BCUT2D eigenvalue weighted by molar-refractivity contribution is -0.274. The van der Waals surface area contributed by atoms with Gasteiger partial charge in [0.2, 0.25) is 0 Å². The van der Waals surface area contributed by atoms with Gasteiger partial charge in [-0.15, -0.1) is 13.2 Å². The summed E-state index contributed by atoms with van der Waals surface area (Å²) in [5.74, 6) is 1.13. The van der Waals surface area contributed by atoms with Gasteiger partial charge in [-0.2, -0.15) is 0 Å². The van der Waals surface area contributed by atoms with E-state index in [2.05, 4.69) is 20.3 Å². The fraction of sp³-hybridized carbons (Fsp3) is 0.281. The summed E-state index contributed by atoms with van der Waals surface area (Å²) in [5.41, 5.74) is 1.86. The number of carbonyl (C=O) groups is 1. The van der Waals surface area contributed by atoms with Gasteiger partial charge in [0.25, 0.3) is 0 Å². The molecule has 0 aromatic heterocycles. The number of fused-ring (bicyclic) bond motifs is 1. The van der Waals surface area contributed by atoms with Crippen LogP contribution in [-0.2, 0) is 6.61 Å². The van der Waals surface area contributed by atoms with E-state index in [9.17, 15) is 18.0 Å². The van der Waals surface area contributed by atoms with Crippen LogP contribution in [0.1, 0.15) is 24.8 Å². The first kappa shape index (κ1) is 29.1. The van der Waals surface area contributed by atoms with Crippen molar-refractivity contribution in [1.29, 1.82) is 0 Å². The number of amides is 2. The third kappa shape index (κ3) is 8.29. The van der Waals surface area contributed by atoms with Crippen LogP contribution in [0.2, 0.25) is 0 Å². The Hall–Kier alpha value is -4.44. The molecule has 220 valence electrons. The van der Waals surface area contributed by atoms with Crippen molar-refractivity contribution in [3.8, 4) is 17.2 Å². The molecule has 5 rings (SSSR count). The van der Waals surface area contributed by atoms with Crippen molar-refractivity contribution in [1.82, 2.24) is 4.90 Å². The van der Waals surface area contributed by atoms with E-state index >= 15 is 0 Å². The largest absolute Gasteiger partial charge is 0.573 e. The van der Waals surface area contributed by atoms with Crippen LogP contribution in [0.4, 0.5) is 29.3 Å². The molecule has 42 heavy (non-hydrogen) atoms. The molecule has 2 amide bonds. The van der Waals surface area contributed by atoms with Gasteiger partial charge in [0.05, 0.1) is 5.69 Å². The van der Waals surface area contributed by atoms with Crippen molar-refractivity contribution in [2.75, 3.05) is 36.9 Å². The van der Waals surface area contributed by atoms with Crippen molar-refractivity contribution in [3.05, 3.63) is 90.5 Å². The molecule has 2 N–H and O–H groups in total. The minimum absolute atomic E-state index is 0.310. The number of hydrogen-bond donors (Lipinski definition) is 2. The van der Waals surface area contributed by atoms with E-state index in [1.165, 1.54) is 31.4 Å². The molecule has 0 saturated carbocycles. The van der Waals surface area contributed by atoms with Crippen molar-refractivity contribution in [2.45, 2.75) is 32.2 Å². The number of urea groups is 1. The molecule has 0 unspecified atom stereocenters. The van der Waals surface area contributed by atoms with Crippen molar-refractivity contribution in [3.63, 3.8) is 0 Å². The summed E-state index contributed by atoms with van der Waals surface area (Å²) in [5, 5.41) is 7.00. The number of anilines is 2. The quantitative estimate of drug-likeness (QED) is 0.200. The molecule has 0 spiro atoms. The zero-order valence-corrected chi connectivity index (χ0v) is 23.0. The average Bonchev–Trinajstić information content (AvgIpc) is 2.98. The highest BCUT2D eigenvalue weighted by molar-refractivity contribution is 6.07. The van der Waals surface area contributed by atoms with Crippen LogP contribution in [0, 0.1) is 0 Å². The van der Waals surface area contributed by atoms with Crippen LogP contribution in [0.15, 0.2) is 84.9 Å². The normalized spacial score (nSPS) is 13.9. The fourth-order valence-corrected chi connectivity index (χ4v) is 4.85. The molecule has 1 saturated heterocycles.